The van der Waals surface area contributed by atoms with E-state index < -0.39 is 5.54 Å². The number of nitrogens with one attached hydrogen (secondary N) is 1. The van der Waals surface area contributed by atoms with Gasteiger partial charge in [0.05, 0.1) is 0 Å². The third-order valence-electron chi connectivity index (χ3n) is 7.89. The number of hydrogen-bond donors (Lipinski definition) is 1. The van der Waals surface area contributed by atoms with Crippen LogP contribution < -0.4 is 5.32 Å². The molecule has 2 aromatic carbocycles. The number of aliphatic imine (C=N–C) groups is 1. The quantitative estimate of drug-likeness (QED) is 0.678. The lowest BCUT2D eigenvalue weighted by atomic mass is 9.59. The molecule has 1 saturated heterocycles. The van der Waals surface area contributed by atoms with Crippen LogP contribution in [0.1, 0.15) is 37.8 Å². The lowest BCUT2D eigenvalue weighted by molar-refractivity contribution is -0.132. The van der Waals surface area contributed by atoms with Crippen molar-refractivity contribution < 1.29 is 4.79 Å². The third kappa shape index (κ3) is 3.90. The first kappa shape index (κ1) is 21.4. The van der Waals surface area contributed by atoms with Crippen molar-refractivity contribution in [1.29, 1.82) is 0 Å². The van der Waals surface area contributed by atoms with Gasteiger partial charge in [0.25, 0.3) is 0 Å². The molecule has 32 heavy (non-hydrogen) atoms. The zero-order valence-electron chi connectivity index (χ0n) is 19.3. The van der Waals surface area contributed by atoms with E-state index in [2.05, 4.69) is 72.7 Å². The number of amides is 1. The molecule has 4 heteroatoms. The van der Waals surface area contributed by atoms with E-state index in [1.165, 1.54) is 12.0 Å². The van der Waals surface area contributed by atoms with E-state index in [0.717, 1.165) is 31.5 Å². The number of nitrogens with zero attached hydrogens (tertiary/aromatic N) is 2. The van der Waals surface area contributed by atoms with E-state index in [1.807, 2.05) is 18.2 Å². The highest BCUT2D eigenvalue weighted by Gasteiger charge is 2.63. The Bertz CT molecular complexity index is 957. The van der Waals surface area contributed by atoms with Gasteiger partial charge >= 0.3 is 0 Å². The van der Waals surface area contributed by atoms with E-state index in [4.69, 9.17) is 4.99 Å². The second-order valence-corrected chi connectivity index (χ2v) is 10.4. The molecule has 1 amide bonds. The molecule has 2 aromatic rings. The van der Waals surface area contributed by atoms with E-state index in [1.54, 1.807) is 0 Å². The summed E-state index contributed by atoms with van der Waals surface area (Å²) in [6.07, 6.45) is 5.14. The Morgan fingerprint density at radius 1 is 1.09 bits per heavy atom. The predicted octanol–water partition coefficient (Wildman–Crippen LogP) is 4.35. The van der Waals surface area contributed by atoms with Gasteiger partial charge in [0, 0.05) is 37.2 Å². The average Bonchev–Trinajstić information content (AvgIpc) is 3.12. The van der Waals surface area contributed by atoms with E-state index in [-0.39, 0.29) is 11.8 Å². The van der Waals surface area contributed by atoms with Crippen molar-refractivity contribution in [3.63, 3.8) is 0 Å². The Morgan fingerprint density at radius 3 is 2.47 bits per heavy atom. The molecule has 0 spiro atoms. The molecule has 5 atom stereocenters. The number of likely N-dealkylation sites (tertiary alicyclic amines) is 1. The van der Waals surface area contributed by atoms with Gasteiger partial charge in [-0.15, -0.1) is 0 Å². The molecule has 4 nitrogen and oxygen atoms in total. The lowest BCUT2D eigenvalue weighted by Crippen LogP contribution is -2.64. The highest BCUT2D eigenvalue weighted by Crippen LogP contribution is 2.53. The van der Waals surface area contributed by atoms with Crippen LogP contribution in [0.2, 0.25) is 0 Å². The molecule has 0 aromatic heterocycles. The van der Waals surface area contributed by atoms with Gasteiger partial charge in [-0.05, 0) is 48.8 Å². The Labute approximate surface area is 192 Å². The summed E-state index contributed by atoms with van der Waals surface area (Å²) in [7, 11) is 0. The predicted molar refractivity (Wildman–Crippen MR) is 130 cm³/mol. The molecule has 4 bridgehead atoms. The largest absolute Gasteiger partial charge is 0.350 e. The fourth-order valence-electron chi connectivity index (χ4n) is 6.27. The van der Waals surface area contributed by atoms with Crippen molar-refractivity contribution in [3.05, 3.63) is 71.8 Å². The van der Waals surface area contributed by atoms with Crippen LogP contribution in [0, 0.1) is 23.7 Å². The number of carbonyl (C=O) groups excluding carboxylic acids is 1. The first-order valence-corrected chi connectivity index (χ1v) is 12.2. The molecule has 0 unspecified atom stereocenters. The zero-order chi connectivity index (χ0) is 22.1. The molecule has 1 N–H and O–H groups in total. The van der Waals surface area contributed by atoms with Crippen LogP contribution in [0.15, 0.2) is 65.7 Å². The SMILES string of the molecule is CC(C)CCN1C[C@H]2C[C@]3(C(=O)NCc4ccccc4)N=C[C@H]2[C@H]1[C@@H]3Cc1ccccc1. The summed E-state index contributed by atoms with van der Waals surface area (Å²) in [4.78, 5) is 21.5. The zero-order valence-corrected chi connectivity index (χ0v) is 19.3. The fourth-order valence-corrected chi connectivity index (χ4v) is 6.27. The molecule has 1 saturated carbocycles. The van der Waals surface area contributed by atoms with Gasteiger partial charge < -0.3 is 5.32 Å². The monoisotopic (exact) mass is 429 g/mol. The topological polar surface area (TPSA) is 44.7 Å². The summed E-state index contributed by atoms with van der Waals surface area (Å²) in [6.45, 7) is 7.39. The average molecular weight is 430 g/mol. The van der Waals surface area contributed by atoms with Crippen LogP contribution in [-0.4, -0.2) is 41.7 Å². The van der Waals surface area contributed by atoms with Crippen molar-refractivity contribution >= 4 is 12.1 Å². The van der Waals surface area contributed by atoms with Crippen LogP contribution in [0.25, 0.3) is 0 Å². The second kappa shape index (κ2) is 8.82. The van der Waals surface area contributed by atoms with Crippen LogP contribution in [-0.2, 0) is 17.8 Å². The number of rotatable bonds is 8. The van der Waals surface area contributed by atoms with E-state index >= 15 is 0 Å². The number of carbonyl (C=O) groups is 1. The van der Waals surface area contributed by atoms with Gasteiger partial charge in [-0.3, -0.25) is 14.7 Å². The van der Waals surface area contributed by atoms with Crippen LogP contribution in [0.3, 0.4) is 0 Å². The summed E-state index contributed by atoms with van der Waals surface area (Å²) in [5.74, 6) is 2.04. The first-order valence-electron chi connectivity index (χ1n) is 12.2. The van der Waals surface area contributed by atoms with Crippen molar-refractivity contribution in [2.75, 3.05) is 13.1 Å². The van der Waals surface area contributed by atoms with Gasteiger partial charge in [-0.1, -0.05) is 74.5 Å². The van der Waals surface area contributed by atoms with Crippen molar-refractivity contribution in [3.8, 4) is 0 Å². The molecule has 4 aliphatic rings. The minimum Gasteiger partial charge on any atom is -0.350 e. The highest BCUT2D eigenvalue weighted by molar-refractivity contribution is 5.91. The van der Waals surface area contributed by atoms with Crippen molar-refractivity contribution in [2.45, 2.75) is 51.2 Å². The molecule has 0 radical (unpaired) electrons. The molecule has 168 valence electrons. The summed E-state index contributed by atoms with van der Waals surface area (Å²) >= 11 is 0. The molecule has 6 rings (SSSR count). The minimum atomic E-state index is -0.652. The minimum absolute atomic E-state index is 0.109. The van der Waals surface area contributed by atoms with Crippen LogP contribution in [0.4, 0.5) is 0 Å². The molecule has 2 fully saturated rings. The van der Waals surface area contributed by atoms with Gasteiger partial charge in [0.1, 0.15) is 5.54 Å². The fraction of sp³-hybridized carbons (Fsp3) is 0.500. The van der Waals surface area contributed by atoms with Gasteiger partial charge in [0.2, 0.25) is 5.91 Å². The maximum Gasteiger partial charge on any atom is 0.248 e. The Hall–Kier alpha value is -2.46. The lowest BCUT2D eigenvalue weighted by Gasteiger charge is -2.51. The summed E-state index contributed by atoms with van der Waals surface area (Å²) < 4.78 is 0. The third-order valence-corrected chi connectivity index (χ3v) is 7.89. The Balaban J connectivity index is 1.44. The maximum atomic E-state index is 13.8. The second-order valence-electron chi connectivity index (χ2n) is 10.4. The van der Waals surface area contributed by atoms with Gasteiger partial charge in [0.15, 0.2) is 0 Å². The maximum absolute atomic E-state index is 13.8. The molecule has 3 heterocycles. The van der Waals surface area contributed by atoms with Crippen LogP contribution >= 0.6 is 0 Å². The number of hydrogen-bond acceptors (Lipinski definition) is 3. The summed E-state index contributed by atoms with van der Waals surface area (Å²) in [5, 5.41) is 3.26. The Morgan fingerprint density at radius 2 is 1.78 bits per heavy atom. The summed E-state index contributed by atoms with van der Waals surface area (Å²) in [5.41, 5.74) is 1.79. The van der Waals surface area contributed by atoms with Crippen molar-refractivity contribution in [1.82, 2.24) is 10.2 Å². The molecule has 1 aliphatic carbocycles. The van der Waals surface area contributed by atoms with Gasteiger partial charge in [-0.2, -0.15) is 0 Å². The Kier molecular flexibility index (Phi) is 5.90. The smallest absolute Gasteiger partial charge is 0.248 e. The van der Waals surface area contributed by atoms with E-state index in [0.29, 0.717) is 30.3 Å². The van der Waals surface area contributed by atoms with Crippen LogP contribution in [0.5, 0.6) is 0 Å². The van der Waals surface area contributed by atoms with Gasteiger partial charge in [-0.25, -0.2) is 0 Å². The van der Waals surface area contributed by atoms with Crippen molar-refractivity contribution in [2.24, 2.45) is 28.7 Å². The molecular formula is C28H35N3O. The number of benzene rings is 2. The summed E-state index contributed by atoms with van der Waals surface area (Å²) in [6, 6.07) is 21.3. The highest BCUT2D eigenvalue weighted by atomic mass is 16.2. The first-order chi connectivity index (χ1) is 15.6. The van der Waals surface area contributed by atoms with E-state index in [9.17, 15) is 4.79 Å². The molecule has 3 aliphatic heterocycles. The molecular weight excluding hydrogens is 394 g/mol. The standard InChI is InChI=1S/C28H35N3O/c1-20(2)13-14-31-19-23-16-28(27(32)29-17-22-11-7-4-8-12-22)25(26(31)24(23)18-30-28)15-21-9-5-3-6-10-21/h3-12,18,20,23-26H,13-17,19H2,1-2H3,(H,29,32)/t23-,24-,25+,26+,28+/m1/s1. The normalized spacial score (nSPS) is 30.7.